The second-order valence-electron chi connectivity index (χ2n) is 5.95. The van der Waals surface area contributed by atoms with Crippen LogP contribution in [0.5, 0.6) is 0 Å². The van der Waals surface area contributed by atoms with E-state index >= 15 is 0 Å². The van der Waals surface area contributed by atoms with Gasteiger partial charge in [0.25, 0.3) is 0 Å². The minimum absolute atomic E-state index is 0.245. The summed E-state index contributed by atoms with van der Waals surface area (Å²) in [6.07, 6.45) is 5.16. The summed E-state index contributed by atoms with van der Waals surface area (Å²) in [5.41, 5.74) is 4.60. The van der Waals surface area contributed by atoms with Gasteiger partial charge in [-0.1, -0.05) is 54.6 Å². The monoisotopic (exact) mass is 340 g/mol. The second kappa shape index (κ2) is 6.69. The van der Waals surface area contributed by atoms with Crippen LogP contribution < -0.4 is 0 Å². The van der Waals surface area contributed by atoms with Crippen molar-refractivity contribution < 1.29 is 9.90 Å². The molecular weight excluding hydrogens is 324 g/mol. The van der Waals surface area contributed by atoms with Gasteiger partial charge in [-0.05, 0) is 34.9 Å². The number of hydrogen-bond acceptors (Lipinski definition) is 2. The van der Waals surface area contributed by atoms with Crippen LogP contribution in [0.3, 0.4) is 0 Å². The number of carboxylic acid groups (broad SMARTS) is 1. The zero-order valence-corrected chi connectivity index (χ0v) is 13.9. The number of benzene rings is 2. The van der Waals surface area contributed by atoms with E-state index in [4.69, 9.17) is 0 Å². The van der Waals surface area contributed by atoms with Crippen molar-refractivity contribution in [1.29, 1.82) is 0 Å². The van der Waals surface area contributed by atoms with E-state index in [0.717, 1.165) is 27.7 Å². The molecule has 4 aromatic rings. The van der Waals surface area contributed by atoms with Gasteiger partial charge in [0.2, 0.25) is 0 Å². The van der Waals surface area contributed by atoms with E-state index in [-0.39, 0.29) is 5.57 Å². The fraction of sp³-hybridized carbons (Fsp3) is 0. The summed E-state index contributed by atoms with van der Waals surface area (Å²) in [6, 6.07) is 21.3. The Hall–Kier alpha value is -3.66. The molecule has 0 aliphatic carbocycles. The van der Waals surface area contributed by atoms with Gasteiger partial charge in [-0.25, -0.2) is 9.78 Å². The lowest BCUT2D eigenvalue weighted by molar-refractivity contribution is -0.130. The molecule has 0 radical (unpaired) electrons. The van der Waals surface area contributed by atoms with E-state index in [0.29, 0.717) is 5.56 Å². The summed E-state index contributed by atoms with van der Waals surface area (Å²) < 4.78 is 0. The minimum atomic E-state index is -0.962. The Morgan fingerprint density at radius 2 is 1.65 bits per heavy atom. The van der Waals surface area contributed by atoms with E-state index in [1.165, 1.54) is 0 Å². The Morgan fingerprint density at radius 1 is 0.923 bits per heavy atom. The normalized spacial score (nSPS) is 11.6. The summed E-state index contributed by atoms with van der Waals surface area (Å²) in [4.78, 5) is 19.1. The van der Waals surface area contributed by atoms with Crippen LogP contribution in [0.25, 0.3) is 33.8 Å². The van der Waals surface area contributed by atoms with E-state index < -0.39 is 5.97 Å². The van der Waals surface area contributed by atoms with Gasteiger partial charge in [0, 0.05) is 23.3 Å². The number of aromatic nitrogens is 2. The van der Waals surface area contributed by atoms with Gasteiger partial charge in [0.15, 0.2) is 0 Å². The maximum absolute atomic E-state index is 11.8. The molecule has 0 aliphatic heterocycles. The lowest BCUT2D eigenvalue weighted by Gasteiger charge is -2.06. The highest BCUT2D eigenvalue weighted by Crippen LogP contribution is 2.26. The SMILES string of the molecule is O=C(O)/C(=C\c1c[nH]c2ncccc12)c1ccc(-c2ccccc2)cc1. The number of H-pyrrole nitrogens is 1. The van der Waals surface area contributed by atoms with Crippen LogP contribution in [0.4, 0.5) is 0 Å². The van der Waals surface area contributed by atoms with E-state index in [2.05, 4.69) is 9.97 Å². The molecule has 0 fully saturated rings. The van der Waals surface area contributed by atoms with Crippen molar-refractivity contribution in [2.24, 2.45) is 0 Å². The molecule has 2 aromatic heterocycles. The molecule has 2 heterocycles. The van der Waals surface area contributed by atoms with Crippen LogP contribution in [0.2, 0.25) is 0 Å². The van der Waals surface area contributed by atoms with Crippen molar-refractivity contribution in [1.82, 2.24) is 9.97 Å². The molecule has 0 spiro atoms. The Labute approximate surface area is 150 Å². The first kappa shape index (κ1) is 15.8. The van der Waals surface area contributed by atoms with Crippen molar-refractivity contribution in [2.45, 2.75) is 0 Å². The van der Waals surface area contributed by atoms with Crippen LogP contribution >= 0.6 is 0 Å². The number of pyridine rings is 1. The summed E-state index contributed by atoms with van der Waals surface area (Å²) in [7, 11) is 0. The number of aliphatic carboxylic acids is 1. The largest absolute Gasteiger partial charge is 0.478 e. The molecule has 0 unspecified atom stereocenters. The van der Waals surface area contributed by atoms with Crippen molar-refractivity contribution in [3.8, 4) is 11.1 Å². The third-order valence-corrected chi connectivity index (χ3v) is 4.32. The van der Waals surface area contributed by atoms with Crippen LogP contribution in [-0.4, -0.2) is 21.0 Å². The Morgan fingerprint density at radius 3 is 2.38 bits per heavy atom. The summed E-state index contributed by atoms with van der Waals surface area (Å²) in [6.45, 7) is 0. The molecule has 4 heteroatoms. The molecule has 0 atom stereocenters. The van der Waals surface area contributed by atoms with Gasteiger partial charge in [-0.15, -0.1) is 0 Å². The third-order valence-electron chi connectivity index (χ3n) is 4.32. The molecule has 2 N–H and O–H groups in total. The van der Waals surface area contributed by atoms with Crippen LogP contribution in [0.1, 0.15) is 11.1 Å². The van der Waals surface area contributed by atoms with Gasteiger partial charge in [-0.2, -0.15) is 0 Å². The van der Waals surface area contributed by atoms with Crippen LogP contribution in [0, 0.1) is 0 Å². The fourth-order valence-electron chi connectivity index (χ4n) is 2.99. The Kier molecular flexibility index (Phi) is 4.07. The average Bonchev–Trinajstić information content (AvgIpc) is 3.10. The highest BCUT2D eigenvalue weighted by Gasteiger charge is 2.12. The summed E-state index contributed by atoms with van der Waals surface area (Å²) in [5.74, 6) is -0.962. The first-order valence-corrected chi connectivity index (χ1v) is 8.25. The lowest BCUT2D eigenvalue weighted by atomic mass is 9.99. The lowest BCUT2D eigenvalue weighted by Crippen LogP contribution is -1.99. The average molecular weight is 340 g/mol. The van der Waals surface area contributed by atoms with Crippen molar-refractivity contribution in [3.63, 3.8) is 0 Å². The van der Waals surface area contributed by atoms with Crippen molar-refractivity contribution >= 4 is 28.7 Å². The molecule has 126 valence electrons. The number of nitrogens with zero attached hydrogens (tertiary/aromatic N) is 1. The van der Waals surface area contributed by atoms with E-state index in [9.17, 15) is 9.90 Å². The molecule has 4 rings (SSSR count). The predicted octanol–water partition coefficient (Wildman–Crippen LogP) is 4.86. The third kappa shape index (κ3) is 3.00. The predicted molar refractivity (Wildman–Crippen MR) is 103 cm³/mol. The number of nitrogens with one attached hydrogen (secondary N) is 1. The standard InChI is InChI=1S/C22H16N2O2/c25-22(26)20(13-18-14-24-21-19(18)7-4-12-23-21)17-10-8-16(9-11-17)15-5-2-1-3-6-15/h1-14H,(H,23,24)(H,25,26)/b20-13-. The van der Waals surface area contributed by atoms with Crippen molar-refractivity contribution in [3.05, 3.63) is 90.3 Å². The zero-order chi connectivity index (χ0) is 17.9. The van der Waals surface area contributed by atoms with Crippen LogP contribution in [-0.2, 0) is 4.79 Å². The second-order valence-corrected chi connectivity index (χ2v) is 5.95. The first-order chi connectivity index (χ1) is 12.7. The summed E-state index contributed by atoms with van der Waals surface area (Å²) in [5, 5.41) is 10.6. The molecule has 4 nitrogen and oxygen atoms in total. The first-order valence-electron chi connectivity index (χ1n) is 8.25. The van der Waals surface area contributed by atoms with Gasteiger partial charge >= 0.3 is 5.97 Å². The Bertz CT molecular complexity index is 1090. The molecule has 0 aliphatic rings. The number of carboxylic acids is 1. The molecule has 26 heavy (non-hydrogen) atoms. The molecule has 0 amide bonds. The topological polar surface area (TPSA) is 66.0 Å². The van der Waals surface area contributed by atoms with Gasteiger partial charge in [-0.3, -0.25) is 0 Å². The number of hydrogen-bond donors (Lipinski definition) is 2. The fourth-order valence-corrected chi connectivity index (χ4v) is 2.99. The number of carbonyl (C=O) groups is 1. The van der Waals surface area contributed by atoms with E-state index in [1.54, 1.807) is 18.5 Å². The molecular formula is C22H16N2O2. The molecule has 0 saturated heterocycles. The number of rotatable bonds is 4. The number of aromatic amines is 1. The van der Waals surface area contributed by atoms with Crippen molar-refractivity contribution in [2.75, 3.05) is 0 Å². The van der Waals surface area contributed by atoms with Gasteiger partial charge < -0.3 is 10.1 Å². The Balaban J connectivity index is 1.74. The summed E-state index contributed by atoms with van der Waals surface area (Å²) >= 11 is 0. The zero-order valence-electron chi connectivity index (χ0n) is 13.9. The minimum Gasteiger partial charge on any atom is -0.478 e. The quantitative estimate of drug-likeness (QED) is 0.522. The maximum Gasteiger partial charge on any atom is 0.336 e. The van der Waals surface area contributed by atoms with Gasteiger partial charge in [0.05, 0.1) is 5.57 Å². The smallest absolute Gasteiger partial charge is 0.336 e. The molecule has 0 bridgehead atoms. The van der Waals surface area contributed by atoms with Gasteiger partial charge in [0.1, 0.15) is 5.65 Å². The number of fused-ring (bicyclic) bond motifs is 1. The molecule has 2 aromatic carbocycles. The highest BCUT2D eigenvalue weighted by molar-refractivity contribution is 6.21. The highest BCUT2D eigenvalue weighted by atomic mass is 16.4. The van der Waals surface area contributed by atoms with Crippen LogP contribution in [0.15, 0.2) is 79.1 Å². The van der Waals surface area contributed by atoms with E-state index in [1.807, 2.05) is 66.7 Å². The maximum atomic E-state index is 11.8. The molecule has 0 saturated carbocycles.